The molecule has 0 atom stereocenters. The fourth-order valence-corrected chi connectivity index (χ4v) is 5.87. The zero-order valence-corrected chi connectivity index (χ0v) is 30.3. The van der Waals surface area contributed by atoms with E-state index in [1.165, 1.54) is 38.6 Å². The summed E-state index contributed by atoms with van der Waals surface area (Å²) in [6, 6.07) is 36.4. The van der Waals surface area contributed by atoms with Gasteiger partial charge in [0.05, 0.1) is 5.58 Å². The summed E-state index contributed by atoms with van der Waals surface area (Å²) < 4.78 is 5.74. The maximum Gasteiger partial charge on any atom is 0.0847 e. The fraction of sp³-hybridized carbons (Fsp3) is 0.140. The van der Waals surface area contributed by atoms with Crippen LogP contribution in [-0.2, 0) is 20.1 Å². The zero-order chi connectivity index (χ0) is 32.7. The molecule has 0 aliphatic carbocycles. The van der Waals surface area contributed by atoms with E-state index >= 15 is 0 Å². The third-order valence-corrected chi connectivity index (χ3v) is 8.87. The van der Waals surface area contributed by atoms with E-state index in [2.05, 4.69) is 112 Å². The van der Waals surface area contributed by atoms with Crippen LogP contribution in [0.5, 0.6) is 0 Å². The number of hydrogen-bond acceptors (Lipinski definition) is 4. The standard InChI is InChI=1S/C28H19N2O.C15H16N.Ir/c1-17-5-7-20-15-21(9-8-19(20)14-17)23-4-3-12-29-26(23)25-16-22-11-13-31-28(22)27-24(25)10-6-18(2)30-27;1-10-5-6-14(7-11(10)2)15-8-12(3)13(4)9-16-15;/h3-15H,1-2H3;5,7-9H,1-4H3;/q2*-1;. The van der Waals surface area contributed by atoms with Crippen molar-refractivity contribution in [1.29, 1.82) is 0 Å². The molecular weight excluding hydrogens is 767 g/mol. The van der Waals surface area contributed by atoms with Crippen molar-refractivity contribution in [1.82, 2.24) is 15.0 Å². The van der Waals surface area contributed by atoms with Crippen LogP contribution in [0.25, 0.3) is 66.3 Å². The molecule has 4 nitrogen and oxygen atoms in total. The predicted octanol–water partition coefficient (Wildman–Crippen LogP) is 11.1. The molecule has 4 heterocycles. The van der Waals surface area contributed by atoms with Gasteiger partial charge in [0.15, 0.2) is 0 Å². The van der Waals surface area contributed by atoms with Gasteiger partial charge in [-0.2, -0.15) is 0 Å². The molecular formula is C43H35IrN3O-2. The van der Waals surface area contributed by atoms with E-state index < -0.39 is 0 Å². The molecule has 0 spiro atoms. The Hall–Kier alpha value is -4.96. The Labute approximate surface area is 295 Å². The van der Waals surface area contributed by atoms with E-state index in [0.717, 1.165) is 61.2 Å². The number of aromatic nitrogens is 3. The normalized spacial score (nSPS) is 11.0. The van der Waals surface area contributed by atoms with Gasteiger partial charge < -0.3 is 9.40 Å². The van der Waals surface area contributed by atoms with Gasteiger partial charge in [-0.05, 0) is 79.1 Å². The van der Waals surface area contributed by atoms with Gasteiger partial charge in [-0.15, -0.1) is 41.0 Å². The van der Waals surface area contributed by atoms with Crippen molar-refractivity contribution >= 4 is 32.6 Å². The predicted molar refractivity (Wildman–Crippen MR) is 193 cm³/mol. The molecule has 8 rings (SSSR count). The Balaban J connectivity index is 0.000000201. The SMILES string of the molecule is Cc1c[c-]c(-c2cc(C)c(C)cn2)cc1C.Cc1ccc2cc(-c3cccnc3-c3[c-]c4ccoc4c4nc(C)ccc34)ccc2c1.[Ir]. The Bertz CT molecular complexity index is 2390. The van der Waals surface area contributed by atoms with Crippen LogP contribution in [0, 0.1) is 53.7 Å². The number of rotatable bonds is 3. The summed E-state index contributed by atoms with van der Waals surface area (Å²) in [5.74, 6) is 0. The van der Waals surface area contributed by atoms with E-state index in [4.69, 9.17) is 14.4 Å². The van der Waals surface area contributed by atoms with Crippen molar-refractivity contribution < 1.29 is 24.5 Å². The third kappa shape index (κ3) is 6.44. The summed E-state index contributed by atoms with van der Waals surface area (Å²) >= 11 is 0. The molecule has 4 aromatic heterocycles. The molecule has 5 heteroatoms. The van der Waals surface area contributed by atoms with E-state index in [1.807, 2.05) is 43.6 Å². The number of nitrogens with zero attached hydrogens (tertiary/aromatic N) is 3. The second kappa shape index (κ2) is 13.6. The van der Waals surface area contributed by atoms with Crippen LogP contribution in [0.2, 0.25) is 0 Å². The Morgan fingerprint density at radius 3 is 2.31 bits per heavy atom. The largest absolute Gasteiger partial charge is 0.506 e. The minimum absolute atomic E-state index is 0. The summed E-state index contributed by atoms with van der Waals surface area (Å²) in [6.45, 7) is 12.5. The van der Waals surface area contributed by atoms with Crippen LogP contribution in [0.15, 0.2) is 108 Å². The molecule has 4 aromatic carbocycles. The molecule has 0 aliphatic rings. The molecule has 0 amide bonds. The topological polar surface area (TPSA) is 51.8 Å². The molecule has 0 saturated carbocycles. The second-order valence-corrected chi connectivity index (χ2v) is 12.3. The molecule has 0 fully saturated rings. The fourth-order valence-electron chi connectivity index (χ4n) is 5.87. The number of hydrogen-bond donors (Lipinski definition) is 0. The van der Waals surface area contributed by atoms with Crippen LogP contribution in [-0.4, -0.2) is 15.0 Å². The minimum Gasteiger partial charge on any atom is -0.506 e. The van der Waals surface area contributed by atoms with Gasteiger partial charge in [0.1, 0.15) is 0 Å². The Morgan fingerprint density at radius 2 is 1.50 bits per heavy atom. The minimum atomic E-state index is 0. The van der Waals surface area contributed by atoms with E-state index in [0.29, 0.717) is 0 Å². The first-order valence-electron chi connectivity index (χ1n) is 15.8. The van der Waals surface area contributed by atoms with Crippen molar-refractivity contribution in [3.05, 3.63) is 149 Å². The number of benzene rings is 4. The van der Waals surface area contributed by atoms with Crippen molar-refractivity contribution in [3.63, 3.8) is 0 Å². The molecule has 0 bridgehead atoms. The maximum absolute atomic E-state index is 5.74. The molecule has 0 aliphatic heterocycles. The Kier molecular flexibility index (Phi) is 9.37. The second-order valence-electron chi connectivity index (χ2n) is 12.3. The molecule has 1 radical (unpaired) electrons. The summed E-state index contributed by atoms with van der Waals surface area (Å²) in [5.41, 5.74) is 15.0. The summed E-state index contributed by atoms with van der Waals surface area (Å²) in [6.07, 6.45) is 5.46. The van der Waals surface area contributed by atoms with Crippen molar-refractivity contribution in [2.45, 2.75) is 41.5 Å². The first kappa shape index (κ1) is 33.0. The van der Waals surface area contributed by atoms with Gasteiger partial charge in [0, 0.05) is 55.7 Å². The van der Waals surface area contributed by atoms with Crippen LogP contribution < -0.4 is 0 Å². The molecule has 48 heavy (non-hydrogen) atoms. The first-order valence-corrected chi connectivity index (χ1v) is 15.8. The van der Waals surface area contributed by atoms with Crippen LogP contribution in [0.3, 0.4) is 0 Å². The van der Waals surface area contributed by atoms with Crippen LogP contribution >= 0.6 is 0 Å². The average Bonchev–Trinajstić information content (AvgIpc) is 3.56. The first-order chi connectivity index (χ1) is 22.7. The summed E-state index contributed by atoms with van der Waals surface area (Å²) in [7, 11) is 0. The number of fused-ring (bicyclic) bond motifs is 4. The number of pyridine rings is 3. The Morgan fingerprint density at radius 1 is 0.708 bits per heavy atom. The summed E-state index contributed by atoms with van der Waals surface area (Å²) in [4.78, 5) is 14.0. The molecule has 239 valence electrons. The molecule has 0 saturated heterocycles. The third-order valence-electron chi connectivity index (χ3n) is 8.87. The molecule has 0 N–H and O–H groups in total. The monoisotopic (exact) mass is 802 g/mol. The molecule has 0 unspecified atom stereocenters. The van der Waals surface area contributed by atoms with Crippen LogP contribution in [0.1, 0.15) is 33.5 Å². The van der Waals surface area contributed by atoms with Gasteiger partial charge >= 0.3 is 0 Å². The van der Waals surface area contributed by atoms with Gasteiger partial charge in [-0.25, -0.2) is 0 Å². The van der Waals surface area contributed by atoms with Crippen molar-refractivity contribution in [2.24, 2.45) is 0 Å². The quantitative estimate of drug-likeness (QED) is 0.167. The van der Waals surface area contributed by atoms with Gasteiger partial charge in [0.25, 0.3) is 0 Å². The van der Waals surface area contributed by atoms with E-state index in [9.17, 15) is 0 Å². The molecule has 8 aromatic rings. The van der Waals surface area contributed by atoms with Gasteiger partial charge in [-0.1, -0.05) is 95.9 Å². The number of aryl methyl sites for hydroxylation is 6. The van der Waals surface area contributed by atoms with E-state index in [-0.39, 0.29) is 20.1 Å². The zero-order valence-electron chi connectivity index (χ0n) is 27.9. The average molecular weight is 802 g/mol. The smallest absolute Gasteiger partial charge is 0.0847 e. The van der Waals surface area contributed by atoms with Gasteiger partial charge in [0.2, 0.25) is 0 Å². The van der Waals surface area contributed by atoms with Crippen molar-refractivity contribution in [3.8, 4) is 33.6 Å². The summed E-state index contributed by atoms with van der Waals surface area (Å²) in [5, 5.41) is 4.36. The van der Waals surface area contributed by atoms with Crippen molar-refractivity contribution in [2.75, 3.05) is 0 Å². The van der Waals surface area contributed by atoms with E-state index in [1.54, 1.807) is 6.26 Å². The number of furan rings is 1. The van der Waals surface area contributed by atoms with Gasteiger partial charge in [-0.3, -0.25) is 9.97 Å². The van der Waals surface area contributed by atoms with Crippen LogP contribution in [0.4, 0.5) is 0 Å². The maximum atomic E-state index is 5.74.